The molecule has 0 bridgehead atoms. The van der Waals surface area contributed by atoms with Gasteiger partial charge in [0.2, 0.25) is 10.0 Å². The van der Waals surface area contributed by atoms with E-state index in [4.69, 9.17) is 4.74 Å². The van der Waals surface area contributed by atoms with Crippen LogP contribution in [0.4, 0.5) is 0 Å². The lowest BCUT2D eigenvalue weighted by molar-refractivity contribution is 0.0997. The molecule has 0 radical (unpaired) electrons. The molecule has 2 atom stereocenters. The second-order valence-electron chi connectivity index (χ2n) is 8.87. The Bertz CT molecular complexity index is 1350. The van der Waals surface area contributed by atoms with Crippen LogP contribution in [-0.4, -0.2) is 42.9 Å². The molecule has 34 heavy (non-hydrogen) atoms. The fourth-order valence-corrected chi connectivity index (χ4v) is 7.41. The van der Waals surface area contributed by atoms with Gasteiger partial charge in [-0.3, -0.25) is 4.79 Å². The minimum Gasteiger partial charge on any atom is -0.492 e. The van der Waals surface area contributed by atoms with Crippen LogP contribution < -0.4 is 9.54 Å². The van der Waals surface area contributed by atoms with Gasteiger partial charge < -0.3 is 9.30 Å². The minimum absolute atomic E-state index is 0.206. The molecule has 0 spiro atoms. The number of para-hydroxylation sites is 1. The van der Waals surface area contributed by atoms with E-state index in [9.17, 15) is 13.2 Å². The molecule has 4 rings (SSSR count). The molecular formula is C25H31N3O4S2. The number of carbonyl (C=O) groups is 1. The van der Waals surface area contributed by atoms with Gasteiger partial charge in [0.1, 0.15) is 11.3 Å². The Balaban J connectivity index is 1.64. The summed E-state index contributed by atoms with van der Waals surface area (Å²) in [6.45, 7) is 10.3. The zero-order chi connectivity index (χ0) is 24.5. The third-order valence-corrected chi connectivity index (χ3v) is 8.94. The molecule has 9 heteroatoms. The van der Waals surface area contributed by atoms with Crippen molar-refractivity contribution in [3.05, 3.63) is 52.8 Å². The Morgan fingerprint density at radius 1 is 1.09 bits per heavy atom. The summed E-state index contributed by atoms with van der Waals surface area (Å²) in [5, 5.41) is 0. The smallest absolute Gasteiger partial charge is 0.279 e. The topological polar surface area (TPSA) is 81.0 Å². The van der Waals surface area contributed by atoms with Crippen molar-refractivity contribution in [1.29, 1.82) is 0 Å². The Hall–Kier alpha value is -2.49. The van der Waals surface area contributed by atoms with E-state index in [0.29, 0.717) is 48.4 Å². The third-order valence-electron chi connectivity index (χ3n) is 6.05. The molecule has 0 saturated carbocycles. The fourth-order valence-electron chi connectivity index (χ4n) is 4.62. The number of nitrogens with zero attached hydrogens (tertiary/aromatic N) is 3. The van der Waals surface area contributed by atoms with Crippen LogP contribution in [-0.2, 0) is 16.6 Å². The van der Waals surface area contributed by atoms with Gasteiger partial charge >= 0.3 is 0 Å². The SMILES string of the molecule is CCOc1cccc2sc(=NC(=O)c3ccc(S(=O)(=O)N4C[C@@H](C)C[C@H](C)C4)cc3)n(CC)c12. The van der Waals surface area contributed by atoms with Crippen LogP contribution in [0.3, 0.4) is 0 Å². The average molecular weight is 502 g/mol. The molecule has 2 heterocycles. The van der Waals surface area contributed by atoms with E-state index in [1.54, 1.807) is 16.4 Å². The summed E-state index contributed by atoms with van der Waals surface area (Å²) in [6.07, 6.45) is 1.03. The van der Waals surface area contributed by atoms with Crippen LogP contribution in [0.1, 0.15) is 44.5 Å². The Morgan fingerprint density at radius 3 is 2.38 bits per heavy atom. The maximum absolute atomic E-state index is 13.1. The van der Waals surface area contributed by atoms with Gasteiger partial charge in [-0.05, 0) is 68.5 Å². The van der Waals surface area contributed by atoms with E-state index in [1.807, 2.05) is 36.6 Å². The lowest BCUT2D eigenvalue weighted by atomic mass is 9.94. The lowest BCUT2D eigenvalue weighted by Gasteiger charge is -2.34. The van der Waals surface area contributed by atoms with Gasteiger partial charge in [0.15, 0.2) is 4.80 Å². The van der Waals surface area contributed by atoms with Gasteiger partial charge in [0.05, 0.1) is 16.2 Å². The van der Waals surface area contributed by atoms with Gasteiger partial charge in [-0.15, -0.1) is 0 Å². The van der Waals surface area contributed by atoms with Crippen LogP contribution in [0.15, 0.2) is 52.4 Å². The molecule has 1 saturated heterocycles. The molecule has 1 aromatic heterocycles. The molecule has 0 N–H and O–H groups in total. The maximum Gasteiger partial charge on any atom is 0.279 e. The zero-order valence-corrected chi connectivity index (χ0v) is 21.7. The van der Waals surface area contributed by atoms with Crippen molar-refractivity contribution < 1.29 is 17.9 Å². The summed E-state index contributed by atoms with van der Waals surface area (Å²) < 4.78 is 36.5. The molecule has 1 amide bonds. The quantitative estimate of drug-likeness (QED) is 0.497. The van der Waals surface area contributed by atoms with E-state index in [0.717, 1.165) is 22.4 Å². The lowest BCUT2D eigenvalue weighted by Crippen LogP contribution is -2.42. The molecule has 7 nitrogen and oxygen atoms in total. The number of aromatic nitrogens is 1. The second-order valence-corrected chi connectivity index (χ2v) is 11.8. The molecular weight excluding hydrogens is 470 g/mol. The number of benzene rings is 2. The van der Waals surface area contributed by atoms with Crippen LogP contribution in [0, 0.1) is 11.8 Å². The van der Waals surface area contributed by atoms with Crippen molar-refractivity contribution in [1.82, 2.24) is 8.87 Å². The van der Waals surface area contributed by atoms with Crippen LogP contribution in [0.25, 0.3) is 10.2 Å². The van der Waals surface area contributed by atoms with E-state index >= 15 is 0 Å². The fraction of sp³-hybridized carbons (Fsp3) is 0.440. The summed E-state index contributed by atoms with van der Waals surface area (Å²) >= 11 is 1.43. The normalized spacial score (nSPS) is 20.1. The van der Waals surface area contributed by atoms with Gasteiger partial charge in [-0.1, -0.05) is 31.3 Å². The minimum atomic E-state index is -3.59. The molecule has 2 aromatic carbocycles. The number of amides is 1. The van der Waals surface area contributed by atoms with Crippen molar-refractivity contribution in [2.75, 3.05) is 19.7 Å². The molecule has 0 aliphatic carbocycles. The number of thiazole rings is 1. The average Bonchev–Trinajstić information content (AvgIpc) is 3.16. The predicted octanol–water partition coefficient (Wildman–Crippen LogP) is 4.53. The number of sulfonamides is 1. The summed E-state index contributed by atoms with van der Waals surface area (Å²) in [6, 6.07) is 11.9. The molecule has 0 unspecified atom stereocenters. The van der Waals surface area contributed by atoms with Crippen molar-refractivity contribution in [3.63, 3.8) is 0 Å². The second kappa shape index (κ2) is 10.0. The Morgan fingerprint density at radius 2 is 1.76 bits per heavy atom. The first-order valence-electron chi connectivity index (χ1n) is 11.7. The van der Waals surface area contributed by atoms with Gasteiger partial charge in [-0.25, -0.2) is 8.42 Å². The van der Waals surface area contributed by atoms with Gasteiger partial charge in [-0.2, -0.15) is 9.30 Å². The van der Waals surface area contributed by atoms with E-state index in [-0.39, 0.29) is 4.90 Å². The highest BCUT2D eigenvalue weighted by molar-refractivity contribution is 7.89. The van der Waals surface area contributed by atoms with E-state index in [1.165, 1.54) is 23.5 Å². The number of rotatable bonds is 6. The zero-order valence-electron chi connectivity index (χ0n) is 20.0. The highest BCUT2D eigenvalue weighted by atomic mass is 32.2. The van der Waals surface area contributed by atoms with E-state index < -0.39 is 15.9 Å². The van der Waals surface area contributed by atoms with Crippen molar-refractivity contribution in [3.8, 4) is 5.75 Å². The number of hydrogen-bond donors (Lipinski definition) is 0. The number of ether oxygens (including phenoxy) is 1. The highest BCUT2D eigenvalue weighted by Crippen LogP contribution is 2.28. The predicted molar refractivity (Wildman–Crippen MR) is 135 cm³/mol. The van der Waals surface area contributed by atoms with Crippen LogP contribution >= 0.6 is 11.3 Å². The Labute approximate surface area is 204 Å². The molecule has 1 fully saturated rings. The summed E-state index contributed by atoms with van der Waals surface area (Å²) in [4.78, 5) is 18.1. The largest absolute Gasteiger partial charge is 0.492 e. The monoisotopic (exact) mass is 501 g/mol. The number of carbonyl (C=O) groups excluding carboxylic acids is 1. The van der Waals surface area contributed by atoms with Gasteiger partial charge in [0, 0.05) is 25.2 Å². The molecule has 1 aliphatic heterocycles. The number of piperidine rings is 1. The Kier molecular flexibility index (Phi) is 7.25. The number of hydrogen-bond acceptors (Lipinski definition) is 5. The summed E-state index contributed by atoms with van der Waals surface area (Å²) in [5.41, 5.74) is 1.28. The molecule has 1 aliphatic rings. The number of aryl methyl sites for hydroxylation is 1. The van der Waals surface area contributed by atoms with Crippen molar-refractivity contribution in [2.45, 2.75) is 45.6 Å². The first-order valence-corrected chi connectivity index (χ1v) is 13.9. The summed E-state index contributed by atoms with van der Waals surface area (Å²) in [5.74, 6) is 1.01. The number of fused-ring (bicyclic) bond motifs is 1. The maximum atomic E-state index is 13.1. The van der Waals surface area contributed by atoms with E-state index in [2.05, 4.69) is 18.8 Å². The standard InChI is InChI=1S/C25H31N3O4S2/c1-5-28-23-21(32-6-2)8-7-9-22(23)33-25(28)26-24(29)19-10-12-20(13-11-19)34(30,31)27-15-17(3)14-18(4)16-27/h7-13,17-18H,5-6,14-16H2,1-4H3/t17-,18-/m0/s1. The first kappa shape index (κ1) is 24.6. The molecule has 3 aromatic rings. The van der Waals surface area contributed by atoms with Crippen molar-refractivity contribution in [2.24, 2.45) is 16.8 Å². The molecule has 182 valence electrons. The van der Waals surface area contributed by atoms with Crippen LogP contribution in [0.5, 0.6) is 5.75 Å². The van der Waals surface area contributed by atoms with Gasteiger partial charge in [0.25, 0.3) is 5.91 Å². The first-order chi connectivity index (χ1) is 16.2. The highest BCUT2D eigenvalue weighted by Gasteiger charge is 2.31. The van der Waals surface area contributed by atoms with Crippen LogP contribution in [0.2, 0.25) is 0 Å². The van der Waals surface area contributed by atoms with Crippen molar-refractivity contribution >= 4 is 37.5 Å². The third kappa shape index (κ3) is 4.82. The summed E-state index contributed by atoms with van der Waals surface area (Å²) in [7, 11) is -3.59.